The molecule has 3 rings (SSSR count). The van der Waals surface area contributed by atoms with Crippen molar-refractivity contribution >= 4 is 27.9 Å². The Labute approximate surface area is 158 Å². The Morgan fingerprint density at radius 1 is 1.30 bits per heavy atom. The van der Waals surface area contributed by atoms with Crippen LogP contribution in [0, 0.1) is 11.3 Å². The molecule has 1 fully saturated rings. The van der Waals surface area contributed by atoms with Gasteiger partial charge in [-0.15, -0.1) is 11.3 Å². The van der Waals surface area contributed by atoms with Gasteiger partial charge in [-0.2, -0.15) is 18.4 Å². The Bertz CT molecular complexity index is 851. The quantitative estimate of drug-likeness (QED) is 0.832. The lowest BCUT2D eigenvalue weighted by atomic mass is 10.1. The van der Waals surface area contributed by atoms with E-state index in [1.165, 1.54) is 17.4 Å². The van der Waals surface area contributed by atoms with Crippen molar-refractivity contribution in [1.82, 2.24) is 0 Å². The summed E-state index contributed by atoms with van der Waals surface area (Å²) >= 11 is 1.30. The Balaban J connectivity index is 1.53. The minimum Gasteiger partial charge on any atom is -0.360 e. The highest BCUT2D eigenvalue weighted by molar-refractivity contribution is 7.14. The van der Waals surface area contributed by atoms with E-state index in [2.05, 4.69) is 5.32 Å². The zero-order valence-corrected chi connectivity index (χ0v) is 15.2. The molecule has 1 aliphatic rings. The fraction of sp³-hybridized carbons (Fsp3) is 0.333. The van der Waals surface area contributed by atoms with Crippen molar-refractivity contribution in [2.24, 2.45) is 0 Å². The first-order valence-corrected chi connectivity index (χ1v) is 9.28. The van der Waals surface area contributed by atoms with Gasteiger partial charge in [0.15, 0.2) is 6.54 Å². The SMILES string of the molecule is N#Cc1ccsc1NC(=O)C[NH+]1CCN(c2cccc(C(F)(F)F)c2)CC1. The topological polar surface area (TPSA) is 60.6 Å². The van der Waals surface area contributed by atoms with Crippen LogP contribution in [0.2, 0.25) is 0 Å². The van der Waals surface area contributed by atoms with Crippen molar-refractivity contribution in [3.63, 3.8) is 0 Å². The third-order valence-corrected chi connectivity index (χ3v) is 5.29. The maximum absolute atomic E-state index is 12.9. The van der Waals surface area contributed by atoms with Crippen LogP contribution >= 0.6 is 11.3 Å². The van der Waals surface area contributed by atoms with Crippen molar-refractivity contribution in [1.29, 1.82) is 5.26 Å². The summed E-state index contributed by atoms with van der Waals surface area (Å²) in [7, 11) is 0. The van der Waals surface area contributed by atoms with E-state index in [1.807, 2.05) is 11.0 Å². The molecule has 0 radical (unpaired) electrons. The van der Waals surface area contributed by atoms with Crippen molar-refractivity contribution in [2.45, 2.75) is 6.18 Å². The van der Waals surface area contributed by atoms with Crippen LogP contribution in [0.3, 0.4) is 0 Å². The van der Waals surface area contributed by atoms with Crippen LogP contribution in [0.25, 0.3) is 0 Å². The predicted octanol–water partition coefficient (Wildman–Crippen LogP) is 1.98. The van der Waals surface area contributed by atoms with Gasteiger partial charge < -0.3 is 15.1 Å². The third-order valence-electron chi connectivity index (χ3n) is 4.46. The molecule has 2 N–H and O–H groups in total. The molecule has 1 aromatic carbocycles. The van der Waals surface area contributed by atoms with Crippen LogP contribution in [0.1, 0.15) is 11.1 Å². The molecule has 0 atom stereocenters. The first-order valence-electron chi connectivity index (χ1n) is 8.40. The molecule has 0 unspecified atom stereocenters. The monoisotopic (exact) mass is 395 g/mol. The minimum atomic E-state index is -4.36. The highest BCUT2D eigenvalue weighted by atomic mass is 32.1. The van der Waals surface area contributed by atoms with Crippen LogP contribution in [-0.4, -0.2) is 38.6 Å². The fourth-order valence-electron chi connectivity index (χ4n) is 3.03. The molecule has 0 saturated carbocycles. The van der Waals surface area contributed by atoms with Gasteiger partial charge in [-0.05, 0) is 29.6 Å². The van der Waals surface area contributed by atoms with Gasteiger partial charge in [0, 0.05) is 5.69 Å². The van der Waals surface area contributed by atoms with E-state index in [-0.39, 0.29) is 12.5 Å². The van der Waals surface area contributed by atoms with E-state index in [0.29, 0.717) is 42.4 Å². The average Bonchev–Trinajstić information content (AvgIpc) is 3.08. The molecule has 1 amide bonds. The number of carbonyl (C=O) groups is 1. The standard InChI is InChI=1S/C18H17F3N4OS/c19-18(20,21)14-2-1-3-15(10-14)25-7-5-24(6-8-25)12-16(26)23-17-13(11-22)4-9-27-17/h1-4,9-10H,5-8,12H2,(H,23,26)/p+1. The lowest BCUT2D eigenvalue weighted by Crippen LogP contribution is -3.15. The molecule has 0 bridgehead atoms. The molecule has 1 aliphatic heterocycles. The number of alkyl halides is 3. The molecule has 0 aliphatic carbocycles. The Hall–Kier alpha value is -2.57. The van der Waals surface area contributed by atoms with E-state index < -0.39 is 11.7 Å². The number of hydrogen-bond donors (Lipinski definition) is 2. The molecule has 0 spiro atoms. The maximum Gasteiger partial charge on any atom is 0.416 e. The summed E-state index contributed by atoms with van der Waals surface area (Å²) in [5.74, 6) is -0.170. The summed E-state index contributed by atoms with van der Waals surface area (Å²) in [6.07, 6.45) is -4.36. The van der Waals surface area contributed by atoms with Gasteiger partial charge in [0.25, 0.3) is 5.91 Å². The number of amides is 1. The molecule has 2 aromatic rings. The molecule has 142 valence electrons. The number of quaternary nitrogens is 1. The van der Waals surface area contributed by atoms with Gasteiger partial charge in [0.05, 0.1) is 37.3 Å². The summed E-state index contributed by atoms with van der Waals surface area (Å²) in [6, 6.07) is 9.00. The predicted molar refractivity (Wildman–Crippen MR) is 96.9 cm³/mol. The lowest BCUT2D eigenvalue weighted by Gasteiger charge is -2.33. The highest BCUT2D eigenvalue weighted by Gasteiger charge is 2.31. The van der Waals surface area contributed by atoms with Crippen LogP contribution in [-0.2, 0) is 11.0 Å². The molecular formula is C18H18F3N4OS+. The largest absolute Gasteiger partial charge is 0.416 e. The second-order valence-corrected chi connectivity index (χ2v) is 7.20. The minimum absolute atomic E-state index is 0.170. The van der Waals surface area contributed by atoms with Crippen LogP contribution in [0.4, 0.5) is 23.9 Å². The number of halogens is 3. The zero-order chi connectivity index (χ0) is 19.4. The van der Waals surface area contributed by atoms with Gasteiger partial charge >= 0.3 is 6.18 Å². The number of nitriles is 1. The summed E-state index contributed by atoms with van der Waals surface area (Å²) in [5.41, 5.74) is 0.335. The summed E-state index contributed by atoms with van der Waals surface area (Å²) in [6.45, 7) is 2.72. The number of piperazine rings is 1. The van der Waals surface area contributed by atoms with Gasteiger partial charge in [0.2, 0.25) is 0 Å². The molecule has 5 nitrogen and oxygen atoms in total. The first kappa shape index (κ1) is 19.2. The number of rotatable bonds is 4. The van der Waals surface area contributed by atoms with E-state index in [1.54, 1.807) is 17.5 Å². The summed E-state index contributed by atoms with van der Waals surface area (Å²) < 4.78 is 38.6. The van der Waals surface area contributed by atoms with Gasteiger partial charge in [-0.1, -0.05) is 6.07 Å². The van der Waals surface area contributed by atoms with Crippen LogP contribution in [0.5, 0.6) is 0 Å². The summed E-state index contributed by atoms with van der Waals surface area (Å²) in [5, 5.41) is 14.0. The average molecular weight is 395 g/mol. The number of nitrogens with one attached hydrogen (secondary N) is 2. The number of nitrogens with zero attached hydrogens (tertiary/aromatic N) is 2. The highest BCUT2D eigenvalue weighted by Crippen LogP contribution is 2.31. The van der Waals surface area contributed by atoms with Gasteiger partial charge in [0.1, 0.15) is 11.1 Å². The third kappa shape index (κ3) is 4.78. The van der Waals surface area contributed by atoms with Crippen molar-refractivity contribution in [2.75, 3.05) is 42.9 Å². The molecular weight excluding hydrogens is 377 g/mol. The van der Waals surface area contributed by atoms with Crippen molar-refractivity contribution in [3.8, 4) is 6.07 Å². The second-order valence-electron chi connectivity index (χ2n) is 6.29. The second kappa shape index (κ2) is 7.98. The smallest absolute Gasteiger partial charge is 0.360 e. The fourth-order valence-corrected chi connectivity index (χ4v) is 3.78. The molecule has 1 saturated heterocycles. The van der Waals surface area contributed by atoms with Crippen molar-refractivity contribution in [3.05, 3.63) is 46.8 Å². The van der Waals surface area contributed by atoms with Crippen LogP contribution < -0.4 is 15.1 Å². The molecule has 9 heteroatoms. The maximum atomic E-state index is 12.9. The van der Waals surface area contributed by atoms with E-state index >= 15 is 0 Å². The number of hydrogen-bond acceptors (Lipinski definition) is 4. The number of anilines is 2. The first-order chi connectivity index (χ1) is 12.9. The Morgan fingerprint density at radius 2 is 2.04 bits per heavy atom. The van der Waals surface area contributed by atoms with Gasteiger partial charge in [-0.25, -0.2) is 0 Å². The lowest BCUT2D eigenvalue weighted by molar-refractivity contribution is -0.892. The Kier molecular flexibility index (Phi) is 5.68. The van der Waals surface area contributed by atoms with Gasteiger partial charge in [-0.3, -0.25) is 4.79 Å². The zero-order valence-electron chi connectivity index (χ0n) is 14.3. The molecule has 2 heterocycles. The van der Waals surface area contributed by atoms with E-state index in [9.17, 15) is 18.0 Å². The number of carbonyl (C=O) groups excluding carboxylic acids is 1. The van der Waals surface area contributed by atoms with E-state index in [0.717, 1.165) is 17.0 Å². The Morgan fingerprint density at radius 3 is 2.70 bits per heavy atom. The molecule has 27 heavy (non-hydrogen) atoms. The van der Waals surface area contributed by atoms with E-state index in [4.69, 9.17) is 5.26 Å². The number of benzene rings is 1. The summed E-state index contributed by atoms with van der Waals surface area (Å²) in [4.78, 5) is 15.1. The number of thiophene rings is 1. The molecule has 1 aromatic heterocycles. The van der Waals surface area contributed by atoms with Crippen LogP contribution in [0.15, 0.2) is 35.7 Å². The van der Waals surface area contributed by atoms with Crippen molar-refractivity contribution < 1.29 is 22.9 Å². The normalized spacial score (nSPS) is 15.4.